The molecule has 0 aliphatic rings. The van der Waals surface area contributed by atoms with Crippen LogP contribution in [0.15, 0.2) is 37.1 Å². The maximum Gasteiger partial charge on any atom is 0.328 e. The van der Waals surface area contributed by atoms with Crippen molar-refractivity contribution in [3.05, 3.63) is 42.6 Å². The molecule has 2 aromatic rings. The van der Waals surface area contributed by atoms with Gasteiger partial charge in [0.1, 0.15) is 12.7 Å². The van der Waals surface area contributed by atoms with Crippen molar-refractivity contribution in [1.29, 1.82) is 0 Å². The van der Waals surface area contributed by atoms with E-state index in [1.807, 2.05) is 0 Å². The van der Waals surface area contributed by atoms with Gasteiger partial charge >= 0.3 is 5.97 Å². The minimum Gasteiger partial charge on any atom is -0.478 e. The molecule has 0 aliphatic carbocycles. The molecule has 0 aromatic carbocycles. The lowest BCUT2D eigenvalue weighted by molar-refractivity contribution is -0.131. The maximum atomic E-state index is 10.3. The molecule has 0 amide bonds. The first-order valence-corrected chi connectivity index (χ1v) is 4.48. The van der Waals surface area contributed by atoms with Crippen LogP contribution in [0, 0.1) is 0 Å². The Hall–Kier alpha value is -2.50. The summed E-state index contributed by atoms with van der Waals surface area (Å²) in [5, 5.41) is 12.4. The van der Waals surface area contributed by atoms with Gasteiger partial charge in [-0.15, -0.1) is 0 Å². The van der Waals surface area contributed by atoms with Gasteiger partial charge in [-0.25, -0.2) is 19.4 Å². The van der Waals surface area contributed by atoms with Gasteiger partial charge in [0.05, 0.1) is 0 Å². The average Bonchev–Trinajstić information content (AvgIpc) is 2.80. The number of hydrogen-bond acceptors (Lipinski definition) is 4. The molecule has 2 heterocycles. The van der Waals surface area contributed by atoms with Crippen LogP contribution in [-0.2, 0) is 4.79 Å². The first-order chi connectivity index (χ1) is 7.75. The first kappa shape index (κ1) is 10.0. The van der Waals surface area contributed by atoms with Crippen molar-refractivity contribution in [3.63, 3.8) is 0 Å². The lowest BCUT2D eigenvalue weighted by atomic mass is 10.2. The van der Waals surface area contributed by atoms with Crippen molar-refractivity contribution >= 4 is 12.0 Å². The number of hydrogen-bond donors (Lipinski definition) is 1. The number of nitrogens with zero attached hydrogens (tertiary/aromatic N) is 4. The summed E-state index contributed by atoms with van der Waals surface area (Å²) in [6, 6.07) is 3.49. The van der Waals surface area contributed by atoms with Crippen molar-refractivity contribution in [2.75, 3.05) is 0 Å². The monoisotopic (exact) mass is 216 g/mol. The van der Waals surface area contributed by atoms with Gasteiger partial charge in [0.25, 0.3) is 0 Å². The fourth-order valence-electron chi connectivity index (χ4n) is 1.13. The normalized spacial score (nSPS) is 10.8. The van der Waals surface area contributed by atoms with E-state index >= 15 is 0 Å². The fraction of sp³-hybridized carbons (Fsp3) is 0. The molecule has 80 valence electrons. The molecule has 0 saturated heterocycles. The minimum atomic E-state index is -0.986. The molecular formula is C10H8N4O2. The zero-order chi connectivity index (χ0) is 11.4. The van der Waals surface area contributed by atoms with Crippen LogP contribution in [0.2, 0.25) is 0 Å². The highest BCUT2D eigenvalue weighted by Crippen LogP contribution is 2.05. The summed E-state index contributed by atoms with van der Waals surface area (Å²) in [5.74, 6) is -0.356. The molecule has 0 spiro atoms. The van der Waals surface area contributed by atoms with Gasteiger partial charge in [-0.05, 0) is 23.8 Å². The Bertz CT molecular complexity index is 502. The van der Waals surface area contributed by atoms with Gasteiger partial charge in [0, 0.05) is 12.3 Å². The second-order valence-electron chi connectivity index (χ2n) is 2.96. The van der Waals surface area contributed by atoms with Crippen molar-refractivity contribution in [3.8, 4) is 5.82 Å². The van der Waals surface area contributed by atoms with Crippen LogP contribution in [0.3, 0.4) is 0 Å². The Morgan fingerprint density at radius 1 is 1.44 bits per heavy atom. The smallest absolute Gasteiger partial charge is 0.328 e. The van der Waals surface area contributed by atoms with E-state index in [2.05, 4.69) is 15.1 Å². The lowest BCUT2D eigenvalue weighted by Gasteiger charge is -1.98. The van der Waals surface area contributed by atoms with Crippen LogP contribution in [0.5, 0.6) is 0 Å². The van der Waals surface area contributed by atoms with E-state index in [0.29, 0.717) is 11.4 Å². The summed E-state index contributed by atoms with van der Waals surface area (Å²) in [4.78, 5) is 18.2. The molecule has 6 heteroatoms. The second-order valence-corrected chi connectivity index (χ2v) is 2.96. The maximum absolute atomic E-state index is 10.3. The van der Waals surface area contributed by atoms with E-state index in [9.17, 15) is 4.79 Å². The minimum absolute atomic E-state index is 0.630. The van der Waals surface area contributed by atoms with Crippen LogP contribution in [0.4, 0.5) is 0 Å². The summed E-state index contributed by atoms with van der Waals surface area (Å²) in [6.45, 7) is 0. The largest absolute Gasteiger partial charge is 0.478 e. The summed E-state index contributed by atoms with van der Waals surface area (Å²) in [7, 11) is 0. The second kappa shape index (κ2) is 4.35. The Morgan fingerprint density at radius 2 is 2.31 bits per heavy atom. The number of carbonyl (C=O) groups is 1. The summed E-state index contributed by atoms with van der Waals surface area (Å²) in [5.41, 5.74) is 0.714. The molecule has 2 aromatic heterocycles. The zero-order valence-electron chi connectivity index (χ0n) is 8.19. The number of aromatic nitrogens is 4. The van der Waals surface area contributed by atoms with Crippen LogP contribution in [0.25, 0.3) is 11.9 Å². The molecule has 2 rings (SSSR count). The van der Waals surface area contributed by atoms with Crippen molar-refractivity contribution in [2.45, 2.75) is 0 Å². The molecule has 0 saturated carbocycles. The third kappa shape index (κ3) is 2.30. The Balaban J connectivity index is 2.20. The molecule has 0 bridgehead atoms. The Morgan fingerprint density at radius 3 is 2.88 bits per heavy atom. The SMILES string of the molecule is O=C(O)/C=C/c1ccc(-n2cncn2)nc1. The third-order valence-electron chi connectivity index (χ3n) is 1.84. The highest BCUT2D eigenvalue weighted by molar-refractivity contribution is 5.85. The first-order valence-electron chi connectivity index (χ1n) is 4.48. The summed E-state index contributed by atoms with van der Waals surface area (Å²) in [6.07, 6.45) is 7.05. The number of rotatable bonds is 3. The molecule has 0 unspecified atom stereocenters. The topological polar surface area (TPSA) is 80.9 Å². The van der Waals surface area contributed by atoms with Crippen molar-refractivity contribution < 1.29 is 9.90 Å². The fourth-order valence-corrected chi connectivity index (χ4v) is 1.13. The highest BCUT2D eigenvalue weighted by atomic mass is 16.4. The molecular weight excluding hydrogens is 208 g/mol. The number of pyridine rings is 1. The van der Waals surface area contributed by atoms with Crippen LogP contribution in [-0.4, -0.2) is 30.8 Å². The molecule has 16 heavy (non-hydrogen) atoms. The Labute approximate surface area is 90.9 Å². The van der Waals surface area contributed by atoms with E-state index < -0.39 is 5.97 Å². The lowest BCUT2D eigenvalue weighted by Crippen LogP contribution is -1.97. The standard InChI is InChI=1S/C10H8N4O2/c15-10(16)4-2-8-1-3-9(12-5-8)14-7-11-6-13-14/h1-7H,(H,15,16)/b4-2+. The van der Waals surface area contributed by atoms with Crippen LogP contribution in [0.1, 0.15) is 5.56 Å². The van der Waals surface area contributed by atoms with E-state index in [0.717, 1.165) is 6.08 Å². The van der Waals surface area contributed by atoms with Gasteiger partial charge in [-0.1, -0.05) is 0 Å². The molecule has 0 atom stereocenters. The molecule has 0 radical (unpaired) electrons. The molecule has 0 aliphatic heterocycles. The van der Waals surface area contributed by atoms with Gasteiger partial charge < -0.3 is 5.11 Å². The zero-order valence-corrected chi connectivity index (χ0v) is 8.19. The molecule has 0 fully saturated rings. The highest BCUT2D eigenvalue weighted by Gasteiger charge is 1.97. The predicted octanol–water partition coefficient (Wildman–Crippen LogP) is 0.760. The van der Waals surface area contributed by atoms with E-state index in [-0.39, 0.29) is 0 Å². The summed E-state index contributed by atoms with van der Waals surface area (Å²) >= 11 is 0. The van der Waals surface area contributed by atoms with Gasteiger partial charge in [-0.3, -0.25) is 0 Å². The van der Waals surface area contributed by atoms with E-state index in [4.69, 9.17) is 5.11 Å². The third-order valence-corrected chi connectivity index (χ3v) is 1.84. The number of carboxylic acids is 1. The number of aliphatic carboxylic acids is 1. The molecule has 6 nitrogen and oxygen atoms in total. The van der Waals surface area contributed by atoms with Crippen molar-refractivity contribution in [2.24, 2.45) is 0 Å². The van der Waals surface area contributed by atoms with Gasteiger partial charge in [-0.2, -0.15) is 5.10 Å². The van der Waals surface area contributed by atoms with Gasteiger partial charge in [0.15, 0.2) is 5.82 Å². The van der Waals surface area contributed by atoms with Crippen LogP contribution >= 0.6 is 0 Å². The van der Waals surface area contributed by atoms with Crippen molar-refractivity contribution in [1.82, 2.24) is 19.7 Å². The predicted molar refractivity (Wildman–Crippen MR) is 55.8 cm³/mol. The van der Waals surface area contributed by atoms with E-state index in [1.54, 1.807) is 18.3 Å². The average molecular weight is 216 g/mol. The summed E-state index contributed by atoms with van der Waals surface area (Å²) < 4.78 is 1.52. The van der Waals surface area contributed by atoms with E-state index in [1.165, 1.54) is 23.4 Å². The molecule has 1 N–H and O–H groups in total. The quantitative estimate of drug-likeness (QED) is 0.766. The van der Waals surface area contributed by atoms with Gasteiger partial charge in [0.2, 0.25) is 0 Å². The Kier molecular flexibility index (Phi) is 2.73. The van der Waals surface area contributed by atoms with Crippen LogP contribution < -0.4 is 0 Å². The number of carboxylic acid groups (broad SMARTS) is 1.